The van der Waals surface area contributed by atoms with Crippen LogP contribution in [0.5, 0.6) is 0 Å². The van der Waals surface area contributed by atoms with Crippen LogP contribution >= 0.6 is 0 Å². The summed E-state index contributed by atoms with van der Waals surface area (Å²) in [7, 11) is 0. The van der Waals surface area contributed by atoms with Crippen LogP contribution in [0.2, 0.25) is 0 Å². The van der Waals surface area contributed by atoms with Crippen molar-refractivity contribution in [3.63, 3.8) is 0 Å². The van der Waals surface area contributed by atoms with Gasteiger partial charge in [0.1, 0.15) is 0 Å². The number of fused-ring (bicyclic) bond motifs is 1. The van der Waals surface area contributed by atoms with Crippen LogP contribution in [0.4, 0.5) is 0 Å². The van der Waals surface area contributed by atoms with E-state index in [0.29, 0.717) is 5.54 Å². The number of hydrogen-bond donors (Lipinski definition) is 1. The highest BCUT2D eigenvalue weighted by Crippen LogP contribution is 2.59. The summed E-state index contributed by atoms with van der Waals surface area (Å²) in [5.74, 6) is 2.95. The maximum Gasteiger partial charge on any atom is 0.0638 e. The predicted octanol–water partition coefficient (Wildman–Crippen LogP) is 3.14. The lowest BCUT2D eigenvalue weighted by Gasteiger charge is -2.57. The van der Waals surface area contributed by atoms with Crippen molar-refractivity contribution in [1.82, 2.24) is 9.78 Å². The molecule has 4 bridgehead atoms. The van der Waals surface area contributed by atoms with E-state index in [9.17, 15) is 0 Å². The van der Waals surface area contributed by atoms with Gasteiger partial charge >= 0.3 is 0 Å². The van der Waals surface area contributed by atoms with Crippen LogP contribution < -0.4 is 5.73 Å². The summed E-state index contributed by atoms with van der Waals surface area (Å²) in [6, 6.07) is 0.237. The van der Waals surface area contributed by atoms with E-state index < -0.39 is 0 Å². The van der Waals surface area contributed by atoms with Crippen molar-refractivity contribution < 1.29 is 0 Å². The number of nitrogens with zero attached hydrogens (tertiary/aromatic N) is 2. The first-order valence-corrected chi connectivity index (χ1v) is 8.56. The Bertz CT molecular complexity index is 509. The monoisotopic (exact) mass is 271 g/mol. The molecule has 0 spiro atoms. The highest BCUT2D eigenvalue weighted by atomic mass is 15.3. The van der Waals surface area contributed by atoms with E-state index in [1.54, 1.807) is 0 Å². The molecule has 0 radical (unpaired) electrons. The summed E-state index contributed by atoms with van der Waals surface area (Å²) in [4.78, 5) is 0. The highest BCUT2D eigenvalue weighted by Gasteiger charge is 2.53. The Morgan fingerprint density at radius 1 is 1.10 bits per heavy atom. The summed E-state index contributed by atoms with van der Waals surface area (Å²) < 4.78 is 2.48. The van der Waals surface area contributed by atoms with Crippen LogP contribution in [0.25, 0.3) is 0 Å². The molecule has 1 aromatic rings. The molecule has 6 rings (SSSR count). The van der Waals surface area contributed by atoms with Crippen molar-refractivity contribution in [3.05, 3.63) is 17.5 Å². The second-order valence-corrected chi connectivity index (χ2v) is 8.10. The second kappa shape index (κ2) is 3.88. The zero-order valence-electron chi connectivity index (χ0n) is 12.2. The molecule has 1 atom stereocenters. The molecule has 0 amide bonds. The normalized spacial score (nSPS) is 45.6. The molecule has 4 fully saturated rings. The van der Waals surface area contributed by atoms with Crippen molar-refractivity contribution in [3.8, 4) is 0 Å². The third-order valence-corrected chi connectivity index (χ3v) is 6.68. The number of rotatable bonds is 1. The van der Waals surface area contributed by atoms with Crippen LogP contribution in [0.3, 0.4) is 0 Å². The summed E-state index contributed by atoms with van der Waals surface area (Å²) in [6.45, 7) is 0. The van der Waals surface area contributed by atoms with Crippen molar-refractivity contribution in [2.45, 2.75) is 69.4 Å². The Kier molecular flexibility index (Phi) is 2.29. The summed E-state index contributed by atoms with van der Waals surface area (Å²) in [5, 5.41) is 4.87. The average molecular weight is 271 g/mol. The molecule has 5 aliphatic carbocycles. The van der Waals surface area contributed by atoms with Crippen LogP contribution in [-0.4, -0.2) is 9.78 Å². The van der Waals surface area contributed by atoms with Crippen molar-refractivity contribution in [2.75, 3.05) is 0 Å². The van der Waals surface area contributed by atoms with Crippen molar-refractivity contribution in [2.24, 2.45) is 23.5 Å². The first-order valence-electron chi connectivity index (χ1n) is 8.56. The molecule has 1 unspecified atom stereocenters. The van der Waals surface area contributed by atoms with Crippen molar-refractivity contribution in [1.29, 1.82) is 0 Å². The number of hydrogen-bond acceptors (Lipinski definition) is 2. The topological polar surface area (TPSA) is 43.8 Å². The molecule has 1 heterocycles. The first-order chi connectivity index (χ1) is 9.73. The Labute approximate surface area is 120 Å². The fourth-order valence-corrected chi connectivity index (χ4v) is 6.32. The fourth-order valence-electron chi connectivity index (χ4n) is 6.32. The predicted molar refractivity (Wildman–Crippen MR) is 78.2 cm³/mol. The highest BCUT2D eigenvalue weighted by molar-refractivity contribution is 5.26. The molecular formula is C17H25N3. The molecule has 1 aromatic heterocycles. The van der Waals surface area contributed by atoms with E-state index in [1.165, 1.54) is 62.6 Å². The summed E-state index contributed by atoms with van der Waals surface area (Å²) in [6.07, 6.45) is 14.4. The third-order valence-electron chi connectivity index (χ3n) is 6.68. The first kappa shape index (κ1) is 11.8. The molecule has 0 aliphatic heterocycles. The molecule has 4 saturated carbocycles. The van der Waals surface area contributed by atoms with Gasteiger partial charge in [0, 0.05) is 17.3 Å². The van der Waals surface area contributed by atoms with E-state index >= 15 is 0 Å². The zero-order valence-corrected chi connectivity index (χ0v) is 12.2. The Morgan fingerprint density at radius 2 is 1.75 bits per heavy atom. The second-order valence-electron chi connectivity index (χ2n) is 8.10. The maximum atomic E-state index is 6.30. The molecule has 0 aromatic carbocycles. The molecular weight excluding hydrogens is 246 g/mol. The van der Waals surface area contributed by atoms with Gasteiger partial charge in [0.15, 0.2) is 0 Å². The van der Waals surface area contributed by atoms with Gasteiger partial charge in [-0.1, -0.05) is 0 Å². The molecule has 0 saturated heterocycles. The quantitative estimate of drug-likeness (QED) is 0.852. The SMILES string of the molecule is NC1CCCc2c1cnn2C12CC3CC(CC(C3)C1)C2. The van der Waals surface area contributed by atoms with E-state index in [1.807, 2.05) is 0 Å². The lowest BCUT2D eigenvalue weighted by atomic mass is 9.53. The Morgan fingerprint density at radius 3 is 2.40 bits per heavy atom. The van der Waals surface area contributed by atoms with Gasteiger partial charge in [-0.25, -0.2) is 0 Å². The average Bonchev–Trinajstić information content (AvgIpc) is 2.83. The van der Waals surface area contributed by atoms with Crippen LogP contribution in [0.15, 0.2) is 6.20 Å². The maximum absolute atomic E-state index is 6.30. The van der Waals surface area contributed by atoms with Crippen LogP contribution in [0.1, 0.15) is 68.7 Å². The standard InChI is InChI=1S/C17H25N3/c18-15-2-1-3-16-14(15)10-19-20(16)17-7-11-4-12(8-17)6-13(5-11)9-17/h10-13,15H,1-9,18H2. The van der Waals surface area contributed by atoms with Gasteiger partial charge in [0.2, 0.25) is 0 Å². The van der Waals surface area contributed by atoms with E-state index in [2.05, 4.69) is 10.9 Å². The van der Waals surface area contributed by atoms with Gasteiger partial charge in [-0.2, -0.15) is 5.10 Å². The van der Waals surface area contributed by atoms with Gasteiger partial charge < -0.3 is 5.73 Å². The Balaban J connectivity index is 1.60. The number of nitrogens with two attached hydrogens (primary N) is 1. The van der Waals surface area contributed by atoms with Gasteiger partial charge in [-0.05, 0) is 75.5 Å². The van der Waals surface area contributed by atoms with Gasteiger partial charge in [-0.3, -0.25) is 4.68 Å². The fraction of sp³-hybridized carbons (Fsp3) is 0.824. The van der Waals surface area contributed by atoms with Crippen LogP contribution in [0, 0.1) is 17.8 Å². The minimum absolute atomic E-state index is 0.237. The summed E-state index contributed by atoms with van der Waals surface area (Å²) >= 11 is 0. The van der Waals surface area contributed by atoms with Crippen molar-refractivity contribution >= 4 is 0 Å². The molecule has 5 aliphatic rings. The minimum Gasteiger partial charge on any atom is -0.324 e. The molecule has 3 heteroatoms. The van der Waals surface area contributed by atoms with Crippen LogP contribution in [-0.2, 0) is 12.0 Å². The Hall–Kier alpha value is -0.830. The van der Waals surface area contributed by atoms with E-state index in [4.69, 9.17) is 10.8 Å². The van der Waals surface area contributed by atoms with Gasteiger partial charge in [0.25, 0.3) is 0 Å². The molecule has 108 valence electrons. The lowest BCUT2D eigenvalue weighted by molar-refractivity contribution is -0.0509. The minimum atomic E-state index is 0.237. The van der Waals surface area contributed by atoms with E-state index in [0.717, 1.165) is 24.2 Å². The smallest absolute Gasteiger partial charge is 0.0638 e. The largest absolute Gasteiger partial charge is 0.324 e. The third kappa shape index (κ3) is 1.47. The van der Waals surface area contributed by atoms with Gasteiger partial charge in [0.05, 0.1) is 11.7 Å². The zero-order chi connectivity index (χ0) is 13.3. The molecule has 20 heavy (non-hydrogen) atoms. The molecule has 2 N–H and O–H groups in total. The molecule has 3 nitrogen and oxygen atoms in total. The summed E-state index contributed by atoms with van der Waals surface area (Å²) in [5.41, 5.74) is 9.52. The van der Waals surface area contributed by atoms with Gasteiger partial charge in [-0.15, -0.1) is 0 Å². The van der Waals surface area contributed by atoms with E-state index in [-0.39, 0.29) is 6.04 Å². The lowest BCUT2D eigenvalue weighted by Crippen LogP contribution is -2.52. The number of aromatic nitrogens is 2.